The molecule has 0 saturated carbocycles. The fraction of sp³-hybridized carbons (Fsp3) is 0.300. The Hall–Kier alpha value is -3.81. The molecule has 0 saturated heterocycles. The molecule has 7 heteroatoms. The summed E-state index contributed by atoms with van der Waals surface area (Å²) in [5.74, 6) is 1.80. The summed E-state index contributed by atoms with van der Waals surface area (Å²) in [6.07, 6.45) is 1.24. The van der Waals surface area contributed by atoms with E-state index in [-0.39, 0.29) is 19.0 Å². The van der Waals surface area contributed by atoms with Crippen LogP contribution in [-0.4, -0.2) is 51.1 Å². The lowest BCUT2D eigenvalue weighted by molar-refractivity contribution is 0.0113. The van der Waals surface area contributed by atoms with Crippen LogP contribution in [0.15, 0.2) is 66.7 Å². The van der Waals surface area contributed by atoms with Gasteiger partial charge in [0.2, 0.25) is 0 Å². The molecule has 3 aromatic carbocycles. The highest BCUT2D eigenvalue weighted by atomic mass is 16.5. The molecule has 0 bridgehead atoms. The Morgan fingerprint density at radius 3 is 1.86 bits per heavy atom. The van der Waals surface area contributed by atoms with Gasteiger partial charge in [-0.25, -0.2) is 15.0 Å². The summed E-state index contributed by atoms with van der Waals surface area (Å²) in [6.45, 7) is 7.03. The number of hydrogen-bond acceptors (Lipinski definition) is 7. The molecular weight excluding hydrogens is 466 g/mol. The third-order valence-electron chi connectivity index (χ3n) is 5.86. The Balaban J connectivity index is 1.60. The number of hydrogen-bond donors (Lipinski definition) is 2. The molecule has 1 aromatic heterocycles. The highest BCUT2D eigenvalue weighted by molar-refractivity contribution is 5.70. The van der Waals surface area contributed by atoms with Crippen LogP contribution in [0.25, 0.3) is 34.2 Å². The van der Waals surface area contributed by atoms with E-state index in [1.54, 1.807) is 12.1 Å². The van der Waals surface area contributed by atoms with E-state index in [0.29, 0.717) is 35.4 Å². The Labute approximate surface area is 217 Å². The quantitative estimate of drug-likeness (QED) is 0.254. The van der Waals surface area contributed by atoms with E-state index in [1.807, 2.05) is 62.4 Å². The second-order valence-electron chi connectivity index (χ2n) is 9.11. The van der Waals surface area contributed by atoms with Gasteiger partial charge in [-0.15, -0.1) is 0 Å². The molecule has 1 heterocycles. The van der Waals surface area contributed by atoms with Crippen molar-refractivity contribution in [3.8, 4) is 45.7 Å². The van der Waals surface area contributed by atoms with Crippen molar-refractivity contribution in [2.75, 3.05) is 19.8 Å². The summed E-state index contributed by atoms with van der Waals surface area (Å²) in [5.41, 5.74) is 4.46. The highest BCUT2D eigenvalue weighted by Crippen LogP contribution is 2.33. The molecule has 192 valence electrons. The summed E-state index contributed by atoms with van der Waals surface area (Å²) in [5, 5.41) is 20.9. The number of aliphatic hydroxyl groups excluding tert-OH is 1. The number of nitrogens with zero attached hydrogens (tertiary/aromatic N) is 3. The van der Waals surface area contributed by atoms with E-state index < -0.39 is 6.10 Å². The number of ether oxygens (including phenoxy) is 2. The standard InChI is InChI=1S/C30H33N3O4/c1-4-5-16-36-18-24(34)19-37-25-14-15-26(27(35)17-25)30-32-28(22-10-6-20(2)7-11-22)31-29(33-30)23-12-8-21(3)9-13-23/h6-15,17,24,34-35H,4-5,16,18-19H2,1-3H3. The van der Waals surface area contributed by atoms with Crippen molar-refractivity contribution in [1.82, 2.24) is 15.0 Å². The Morgan fingerprint density at radius 1 is 0.757 bits per heavy atom. The van der Waals surface area contributed by atoms with Gasteiger partial charge in [-0.05, 0) is 32.4 Å². The van der Waals surface area contributed by atoms with E-state index >= 15 is 0 Å². The monoisotopic (exact) mass is 499 g/mol. The number of benzene rings is 3. The lowest BCUT2D eigenvalue weighted by Crippen LogP contribution is -2.23. The first-order valence-corrected chi connectivity index (χ1v) is 12.5. The zero-order chi connectivity index (χ0) is 26.2. The van der Waals surface area contributed by atoms with Crippen LogP contribution >= 0.6 is 0 Å². The first-order valence-electron chi connectivity index (χ1n) is 12.5. The molecule has 4 rings (SSSR count). The molecule has 0 aliphatic carbocycles. The summed E-state index contributed by atoms with van der Waals surface area (Å²) in [7, 11) is 0. The van der Waals surface area contributed by atoms with Gasteiger partial charge in [-0.3, -0.25) is 0 Å². The Morgan fingerprint density at radius 2 is 1.32 bits per heavy atom. The zero-order valence-corrected chi connectivity index (χ0v) is 21.5. The third kappa shape index (κ3) is 7.12. The first-order chi connectivity index (χ1) is 17.9. The van der Waals surface area contributed by atoms with Crippen molar-refractivity contribution in [3.05, 3.63) is 77.9 Å². The number of aliphatic hydroxyl groups is 1. The lowest BCUT2D eigenvalue weighted by atomic mass is 10.1. The number of aromatic nitrogens is 3. The minimum Gasteiger partial charge on any atom is -0.507 e. The first kappa shape index (κ1) is 26.3. The van der Waals surface area contributed by atoms with Crippen LogP contribution < -0.4 is 4.74 Å². The number of unbranched alkanes of at least 4 members (excludes halogenated alkanes) is 1. The summed E-state index contributed by atoms with van der Waals surface area (Å²) >= 11 is 0. The van der Waals surface area contributed by atoms with Crippen molar-refractivity contribution >= 4 is 0 Å². The van der Waals surface area contributed by atoms with Crippen LogP contribution in [0, 0.1) is 13.8 Å². The molecule has 0 spiro atoms. The normalized spacial score (nSPS) is 11.9. The molecule has 2 N–H and O–H groups in total. The summed E-state index contributed by atoms with van der Waals surface area (Å²) in [4.78, 5) is 14.1. The number of phenolic OH excluding ortho intramolecular Hbond substituents is 1. The Bertz CT molecular complexity index is 1240. The van der Waals surface area contributed by atoms with Gasteiger partial charge in [-0.1, -0.05) is 73.0 Å². The summed E-state index contributed by atoms with van der Waals surface area (Å²) in [6, 6.07) is 20.9. The van der Waals surface area contributed by atoms with E-state index in [0.717, 1.165) is 35.1 Å². The fourth-order valence-electron chi connectivity index (χ4n) is 3.66. The number of aromatic hydroxyl groups is 1. The minimum atomic E-state index is -0.753. The van der Waals surface area contributed by atoms with Gasteiger partial charge in [0.1, 0.15) is 24.2 Å². The lowest BCUT2D eigenvalue weighted by Gasteiger charge is -2.14. The number of phenols is 1. The molecule has 0 aliphatic rings. The van der Waals surface area contributed by atoms with Crippen LogP contribution in [0.2, 0.25) is 0 Å². The van der Waals surface area contributed by atoms with Gasteiger partial charge in [0.25, 0.3) is 0 Å². The SMILES string of the molecule is CCCCOCC(O)COc1ccc(-c2nc(-c3ccc(C)cc3)nc(-c3ccc(C)cc3)n2)c(O)c1. The molecule has 0 fully saturated rings. The van der Waals surface area contributed by atoms with Gasteiger partial charge in [0, 0.05) is 23.8 Å². The molecule has 0 amide bonds. The van der Waals surface area contributed by atoms with Gasteiger partial charge < -0.3 is 19.7 Å². The van der Waals surface area contributed by atoms with Crippen LogP contribution in [0.1, 0.15) is 30.9 Å². The predicted molar refractivity (Wildman–Crippen MR) is 145 cm³/mol. The van der Waals surface area contributed by atoms with Crippen LogP contribution in [0.5, 0.6) is 11.5 Å². The molecule has 0 aliphatic heterocycles. The molecule has 0 radical (unpaired) electrons. The number of aryl methyl sites for hydroxylation is 2. The average molecular weight is 500 g/mol. The largest absolute Gasteiger partial charge is 0.507 e. The van der Waals surface area contributed by atoms with Crippen molar-refractivity contribution in [2.24, 2.45) is 0 Å². The van der Waals surface area contributed by atoms with Crippen LogP contribution in [0.4, 0.5) is 0 Å². The fourth-order valence-corrected chi connectivity index (χ4v) is 3.66. The van der Waals surface area contributed by atoms with E-state index in [9.17, 15) is 10.2 Å². The zero-order valence-electron chi connectivity index (χ0n) is 21.5. The molecule has 37 heavy (non-hydrogen) atoms. The molecule has 1 unspecified atom stereocenters. The van der Waals surface area contributed by atoms with Crippen LogP contribution in [-0.2, 0) is 4.74 Å². The van der Waals surface area contributed by atoms with Crippen molar-refractivity contribution in [3.63, 3.8) is 0 Å². The second kappa shape index (κ2) is 12.4. The van der Waals surface area contributed by atoms with Crippen molar-refractivity contribution in [1.29, 1.82) is 0 Å². The molecule has 4 aromatic rings. The molecule has 7 nitrogen and oxygen atoms in total. The molecular formula is C30H33N3O4. The minimum absolute atomic E-state index is 0.0258. The predicted octanol–water partition coefficient (Wildman–Crippen LogP) is 5.75. The maximum absolute atomic E-state index is 10.8. The summed E-state index contributed by atoms with van der Waals surface area (Å²) < 4.78 is 11.1. The average Bonchev–Trinajstić information content (AvgIpc) is 2.90. The number of rotatable bonds is 11. The maximum atomic E-state index is 10.8. The maximum Gasteiger partial charge on any atom is 0.167 e. The van der Waals surface area contributed by atoms with Gasteiger partial charge >= 0.3 is 0 Å². The third-order valence-corrected chi connectivity index (χ3v) is 5.86. The van der Waals surface area contributed by atoms with Gasteiger partial charge in [-0.2, -0.15) is 0 Å². The second-order valence-corrected chi connectivity index (χ2v) is 9.11. The van der Waals surface area contributed by atoms with E-state index in [2.05, 4.69) is 16.9 Å². The van der Waals surface area contributed by atoms with E-state index in [4.69, 9.17) is 14.5 Å². The topological polar surface area (TPSA) is 97.6 Å². The molecule has 1 atom stereocenters. The smallest absolute Gasteiger partial charge is 0.167 e. The highest BCUT2D eigenvalue weighted by Gasteiger charge is 2.16. The van der Waals surface area contributed by atoms with Crippen LogP contribution in [0.3, 0.4) is 0 Å². The van der Waals surface area contributed by atoms with Gasteiger partial charge in [0.05, 0.1) is 12.2 Å². The van der Waals surface area contributed by atoms with Crippen molar-refractivity contribution in [2.45, 2.75) is 39.7 Å². The van der Waals surface area contributed by atoms with E-state index in [1.165, 1.54) is 6.07 Å². The Kier molecular flexibility index (Phi) is 8.82. The van der Waals surface area contributed by atoms with Crippen molar-refractivity contribution < 1.29 is 19.7 Å². The van der Waals surface area contributed by atoms with Gasteiger partial charge in [0.15, 0.2) is 17.5 Å².